The topological polar surface area (TPSA) is 131 Å². The molecule has 4 rings (SSSR count). The summed E-state index contributed by atoms with van der Waals surface area (Å²) in [5.41, 5.74) is 11.3. The first kappa shape index (κ1) is 23.8. The molecule has 0 bridgehead atoms. The maximum atomic E-state index is 13.8. The highest BCUT2D eigenvalue weighted by atomic mass is 32.1. The van der Waals surface area contributed by atoms with Crippen molar-refractivity contribution in [3.05, 3.63) is 63.0 Å². The number of thiophene rings is 1. The lowest BCUT2D eigenvalue weighted by atomic mass is 9.95. The Hall–Kier alpha value is -3.31. The molecule has 1 fully saturated rings. The third kappa shape index (κ3) is 4.95. The number of halogens is 1. The van der Waals surface area contributed by atoms with Crippen molar-refractivity contribution in [1.29, 1.82) is 0 Å². The number of carbonyl (C=O) groups is 3. The minimum Gasteiger partial charge on any atom is -0.395 e. The lowest BCUT2D eigenvalue weighted by molar-refractivity contribution is -0.123. The van der Waals surface area contributed by atoms with Crippen LogP contribution in [0.5, 0.6) is 0 Å². The number of anilines is 2. The Balaban J connectivity index is 1.78. The third-order valence-corrected chi connectivity index (χ3v) is 7.53. The molecule has 0 spiro atoms. The van der Waals surface area contributed by atoms with E-state index in [1.807, 2.05) is 5.38 Å². The molecule has 178 valence electrons. The molecule has 11 heteroatoms. The Kier molecular flexibility index (Phi) is 7.23. The first-order valence-corrected chi connectivity index (χ1v) is 12.5. The smallest absolute Gasteiger partial charge is 0.273 e. The largest absolute Gasteiger partial charge is 0.395 e. The number of primary amides is 1. The van der Waals surface area contributed by atoms with Gasteiger partial charge >= 0.3 is 0 Å². The normalized spacial score (nSPS) is 15.0. The molecular formula is C23H24FN5O3S2. The van der Waals surface area contributed by atoms with Crippen LogP contribution in [0.4, 0.5) is 15.8 Å². The number of hydrogen-bond donors (Lipinski definition) is 3. The summed E-state index contributed by atoms with van der Waals surface area (Å²) in [7, 11) is 0. The standard InChI is InChI=1S/C23H24FN5O3S2/c24-13-8-10-15(11-9-13)29(23(32)20-17(25)18(21(26)30)28-34-20)19(16-7-4-12-33-16)22(31)27-14-5-2-1-3-6-14/h4,7-12,14,19H,1-3,5-6,25H2,(H2,26,30)(H,27,31)/t19-/m0/s1. The maximum absolute atomic E-state index is 13.8. The second-order valence-corrected chi connectivity index (χ2v) is 9.80. The molecule has 0 radical (unpaired) electrons. The number of rotatable bonds is 7. The van der Waals surface area contributed by atoms with E-state index in [0.717, 1.165) is 43.6 Å². The zero-order valence-electron chi connectivity index (χ0n) is 18.2. The van der Waals surface area contributed by atoms with Gasteiger partial charge in [-0.3, -0.25) is 19.3 Å². The highest BCUT2D eigenvalue weighted by molar-refractivity contribution is 7.10. The number of nitrogens with two attached hydrogens (primary N) is 2. The summed E-state index contributed by atoms with van der Waals surface area (Å²) in [4.78, 5) is 41.0. The monoisotopic (exact) mass is 501 g/mol. The number of nitrogens with one attached hydrogen (secondary N) is 1. The molecule has 8 nitrogen and oxygen atoms in total. The minimum atomic E-state index is -1.03. The SMILES string of the molecule is NC(=O)c1nsc(C(=O)N(c2ccc(F)cc2)[C@H](C(=O)NC2CCCCC2)c2cccs2)c1N. The van der Waals surface area contributed by atoms with Crippen molar-refractivity contribution in [2.75, 3.05) is 10.6 Å². The molecule has 0 aliphatic heterocycles. The van der Waals surface area contributed by atoms with Crippen LogP contribution in [0.1, 0.15) is 63.2 Å². The van der Waals surface area contributed by atoms with E-state index >= 15 is 0 Å². The van der Waals surface area contributed by atoms with E-state index in [1.165, 1.54) is 40.5 Å². The average molecular weight is 502 g/mol. The first-order chi connectivity index (χ1) is 16.4. The van der Waals surface area contributed by atoms with Crippen LogP contribution in [0.3, 0.4) is 0 Å². The molecule has 3 aromatic rings. The van der Waals surface area contributed by atoms with E-state index in [-0.39, 0.29) is 28.2 Å². The zero-order chi connectivity index (χ0) is 24.2. The van der Waals surface area contributed by atoms with Crippen molar-refractivity contribution in [3.63, 3.8) is 0 Å². The van der Waals surface area contributed by atoms with Crippen molar-refractivity contribution in [3.8, 4) is 0 Å². The molecule has 0 unspecified atom stereocenters. The van der Waals surface area contributed by atoms with Gasteiger partial charge in [0.1, 0.15) is 10.7 Å². The van der Waals surface area contributed by atoms with E-state index in [0.29, 0.717) is 10.6 Å². The number of amides is 3. The Morgan fingerprint density at radius 3 is 2.41 bits per heavy atom. The van der Waals surface area contributed by atoms with Gasteiger partial charge in [0.25, 0.3) is 11.8 Å². The second-order valence-electron chi connectivity index (χ2n) is 8.05. The van der Waals surface area contributed by atoms with Gasteiger partial charge in [0, 0.05) is 16.6 Å². The Morgan fingerprint density at radius 2 is 1.82 bits per heavy atom. The van der Waals surface area contributed by atoms with Gasteiger partial charge in [0.2, 0.25) is 5.91 Å². The molecule has 5 N–H and O–H groups in total. The van der Waals surface area contributed by atoms with Crippen LogP contribution >= 0.6 is 22.9 Å². The summed E-state index contributed by atoms with van der Waals surface area (Å²) in [6.45, 7) is 0. The quantitative estimate of drug-likeness (QED) is 0.452. The highest BCUT2D eigenvalue weighted by Crippen LogP contribution is 2.35. The molecule has 1 saturated carbocycles. The van der Waals surface area contributed by atoms with E-state index in [2.05, 4.69) is 9.69 Å². The number of nitrogens with zero attached hydrogens (tertiary/aromatic N) is 2. The number of nitrogen functional groups attached to an aromatic ring is 1. The fourth-order valence-corrected chi connectivity index (χ4v) is 5.63. The van der Waals surface area contributed by atoms with Crippen LogP contribution in [0, 0.1) is 5.82 Å². The molecule has 2 aromatic heterocycles. The van der Waals surface area contributed by atoms with Crippen molar-refractivity contribution in [1.82, 2.24) is 9.69 Å². The fraction of sp³-hybridized carbons (Fsp3) is 0.304. The number of hydrogen-bond acceptors (Lipinski definition) is 7. The van der Waals surface area contributed by atoms with Crippen molar-refractivity contribution in [2.45, 2.75) is 44.2 Å². The zero-order valence-corrected chi connectivity index (χ0v) is 19.8. The molecule has 1 aliphatic rings. The number of aromatic nitrogens is 1. The molecule has 2 heterocycles. The lowest BCUT2D eigenvalue weighted by Crippen LogP contribution is -2.47. The summed E-state index contributed by atoms with van der Waals surface area (Å²) in [6, 6.07) is 7.82. The van der Waals surface area contributed by atoms with Crippen molar-refractivity contribution >= 4 is 52.0 Å². The second kappa shape index (κ2) is 10.3. The van der Waals surface area contributed by atoms with Gasteiger partial charge in [-0.05, 0) is 60.1 Å². The van der Waals surface area contributed by atoms with Gasteiger partial charge in [0.05, 0.1) is 5.69 Å². The van der Waals surface area contributed by atoms with Gasteiger partial charge in [0.15, 0.2) is 11.7 Å². The molecule has 1 atom stereocenters. The van der Waals surface area contributed by atoms with Crippen LogP contribution < -0.4 is 21.7 Å². The van der Waals surface area contributed by atoms with Crippen LogP contribution in [0.15, 0.2) is 41.8 Å². The molecule has 1 aliphatic carbocycles. The maximum Gasteiger partial charge on any atom is 0.273 e. The Morgan fingerprint density at radius 1 is 1.12 bits per heavy atom. The first-order valence-electron chi connectivity index (χ1n) is 10.8. The summed E-state index contributed by atoms with van der Waals surface area (Å²) < 4.78 is 17.6. The summed E-state index contributed by atoms with van der Waals surface area (Å²) in [6.07, 6.45) is 4.94. The van der Waals surface area contributed by atoms with Crippen LogP contribution in [-0.4, -0.2) is 28.1 Å². The highest BCUT2D eigenvalue weighted by Gasteiger charge is 2.37. The summed E-state index contributed by atoms with van der Waals surface area (Å²) in [5.74, 6) is -2.31. The van der Waals surface area contributed by atoms with Crippen LogP contribution in [0.25, 0.3) is 0 Å². The molecule has 0 saturated heterocycles. The Labute approximate surface area is 203 Å². The Bertz CT molecular complexity index is 1170. The molecular weight excluding hydrogens is 477 g/mol. The molecule has 1 aromatic carbocycles. The molecule has 34 heavy (non-hydrogen) atoms. The van der Waals surface area contributed by atoms with E-state index in [9.17, 15) is 18.8 Å². The van der Waals surface area contributed by atoms with Crippen LogP contribution in [-0.2, 0) is 4.79 Å². The summed E-state index contributed by atoms with van der Waals surface area (Å²) >= 11 is 2.06. The predicted molar refractivity (Wildman–Crippen MR) is 130 cm³/mol. The fourth-order valence-electron chi connectivity index (χ4n) is 4.07. The van der Waals surface area contributed by atoms with Crippen molar-refractivity contribution in [2.24, 2.45) is 5.73 Å². The molecule has 3 amide bonds. The van der Waals surface area contributed by atoms with Crippen molar-refractivity contribution < 1.29 is 18.8 Å². The average Bonchev–Trinajstić information content (AvgIpc) is 3.48. The van der Waals surface area contributed by atoms with Gasteiger partial charge < -0.3 is 16.8 Å². The summed E-state index contributed by atoms with van der Waals surface area (Å²) in [5, 5.41) is 4.91. The predicted octanol–water partition coefficient (Wildman–Crippen LogP) is 3.86. The number of benzene rings is 1. The minimum absolute atomic E-state index is 0.0174. The van der Waals surface area contributed by atoms with Gasteiger partial charge in [-0.2, -0.15) is 4.37 Å². The van der Waals surface area contributed by atoms with Gasteiger partial charge in [-0.1, -0.05) is 25.3 Å². The lowest BCUT2D eigenvalue weighted by Gasteiger charge is -2.32. The van der Waals surface area contributed by atoms with Gasteiger partial charge in [-0.25, -0.2) is 4.39 Å². The van der Waals surface area contributed by atoms with Gasteiger partial charge in [-0.15, -0.1) is 11.3 Å². The number of carbonyl (C=O) groups excluding carboxylic acids is 3. The van der Waals surface area contributed by atoms with E-state index in [1.54, 1.807) is 12.1 Å². The van der Waals surface area contributed by atoms with Crippen LogP contribution in [0.2, 0.25) is 0 Å². The van der Waals surface area contributed by atoms with E-state index in [4.69, 9.17) is 11.5 Å². The van der Waals surface area contributed by atoms with E-state index < -0.39 is 23.7 Å². The third-order valence-electron chi connectivity index (χ3n) is 5.75.